The highest BCUT2D eigenvalue weighted by molar-refractivity contribution is 6.21. The highest BCUT2D eigenvalue weighted by Gasteiger charge is 2.29. The van der Waals surface area contributed by atoms with Crippen molar-refractivity contribution < 1.29 is 4.74 Å². The number of hydrogen-bond acceptors (Lipinski definition) is 1. The number of alkyl halides is 1. The predicted octanol–water partition coefficient (Wildman–Crippen LogP) is 3.88. The van der Waals surface area contributed by atoms with E-state index in [1.807, 2.05) is 0 Å². The first-order valence-electron chi connectivity index (χ1n) is 6.61. The summed E-state index contributed by atoms with van der Waals surface area (Å²) < 4.78 is 5.62. The van der Waals surface area contributed by atoms with Crippen LogP contribution in [-0.2, 0) is 17.6 Å². The summed E-state index contributed by atoms with van der Waals surface area (Å²) in [6.45, 7) is 2.94. The van der Waals surface area contributed by atoms with Gasteiger partial charge in [-0.05, 0) is 49.3 Å². The van der Waals surface area contributed by atoms with Crippen molar-refractivity contribution in [3.05, 3.63) is 34.9 Å². The van der Waals surface area contributed by atoms with Gasteiger partial charge in [-0.1, -0.05) is 18.2 Å². The largest absolute Gasteiger partial charge is 0.378 e. The van der Waals surface area contributed by atoms with Crippen LogP contribution >= 0.6 is 11.6 Å². The lowest BCUT2D eigenvalue weighted by Crippen LogP contribution is -2.08. The Morgan fingerprint density at radius 1 is 1.29 bits per heavy atom. The van der Waals surface area contributed by atoms with E-state index in [1.165, 1.54) is 36.0 Å². The van der Waals surface area contributed by atoms with Gasteiger partial charge in [-0.25, -0.2) is 0 Å². The Labute approximate surface area is 108 Å². The van der Waals surface area contributed by atoms with E-state index in [0.29, 0.717) is 12.0 Å². The van der Waals surface area contributed by atoms with E-state index < -0.39 is 0 Å². The summed E-state index contributed by atoms with van der Waals surface area (Å²) in [4.78, 5) is 0. The molecule has 1 aromatic carbocycles. The standard InChI is InChI=1S/C15H19ClO/c1-10-7-14(9-17-10)15(16)13-6-5-11-3-2-4-12(11)8-13/h5-6,8,10,14-15H,2-4,7,9H2,1H3. The first-order chi connectivity index (χ1) is 8.24. The Kier molecular flexibility index (Phi) is 3.14. The predicted molar refractivity (Wildman–Crippen MR) is 70.6 cm³/mol. The highest BCUT2D eigenvalue weighted by atomic mass is 35.5. The van der Waals surface area contributed by atoms with Crippen LogP contribution in [0.3, 0.4) is 0 Å². The molecule has 3 unspecified atom stereocenters. The van der Waals surface area contributed by atoms with Gasteiger partial charge in [0.05, 0.1) is 18.1 Å². The van der Waals surface area contributed by atoms with Crippen LogP contribution in [0.4, 0.5) is 0 Å². The number of hydrogen-bond donors (Lipinski definition) is 0. The fourth-order valence-corrected chi connectivity index (χ4v) is 3.40. The molecule has 0 spiro atoms. The Morgan fingerprint density at radius 2 is 2.12 bits per heavy atom. The minimum atomic E-state index is 0.117. The second-order valence-electron chi connectivity index (χ2n) is 5.42. The molecular weight excluding hydrogens is 232 g/mol. The first kappa shape index (κ1) is 11.6. The molecule has 3 rings (SSSR count). The van der Waals surface area contributed by atoms with Gasteiger partial charge in [0, 0.05) is 5.92 Å². The molecule has 1 aliphatic carbocycles. The van der Waals surface area contributed by atoms with E-state index in [1.54, 1.807) is 0 Å². The van der Waals surface area contributed by atoms with Gasteiger partial charge in [-0.15, -0.1) is 11.6 Å². The van der Waals surface area contributed by atoms with Gasteiger partial charge in [0.15, 0.2) is 0 Å². The number of aryl methyl sites for hydroxylation is 2. The molecule has 17 heavy (non-hydrogen) atoms. The first-order valence-corrected chi connectivity index (χ1v) is 7.05. The molecule has 3 atom stereocenters. The molecule has 0 saturated carbocycles. The fraction of sp³-hybridized carbons (Fsp3) is 0.600. The number of benzene rings is 1. The third-order valence-electron chi connectivity index (χ3n) is 4.08. The second kappa shape index (κ2) is 4.62. The van der Waals surface area contributed by atoms with Crippen LogP contribution in [-0.4, -0.2) is 12.7 Å². The van der Waals surface area contributed by atoms with Gasteiger partial charge in [0.2, 0.25) is 0 Å². The Bertz CT molecular complexity index is 415. The van der Waals surface area contributed by atoms with Crippen LogP contribution in [0.25, 0.3) is 0 Å². The highest BCUT2D eigenvalue weighted by Crippen LogP contribution is 2.37. The smallest absolute Gasteiger partial charge is 0.0636 e. The molecular formula is C15H19ClO. The summed E-state index contributed by atoms with van der Waals surface area (Å²) in [7, 11) is 0. The zero-order valence-electron chi connectivity index (χ0n) is 10.3. The van der Waals surface area contributed by atoms with Gasteiger partial charge in [0.1, 0.15) is 0 Å². The lowest BCUT2D eigenvalue weighted by Gasteiger charge is -2.17. The quantitative estimate of drug-likeness (QED) is 0.724. The molecule has 0 amide bonds. The maximum absolute atomic E-state index is 6.60. The van der Waals surface area contributed by atoms with Crippen molar-refractivity contribution in [1.29, 1.82) is 0 Å². The lowest BCUT2D eigenvalue weighted by atomic mass is 9.94. The summed E-state index contributed by atoms with van der Waals surface area (Å²) in [5, 5.41) is 0.117. The minimum absolute atomic E-state index is 0.117. The maximum Gasteiger partial charge on any atom is 0.0636 e. The van der Waals surface area contributed by atoms with E-state index in [4.69, 9.17) is 16.3 Å². The van der Waals surface area contributed by atoms with Crippen LogP contribution in [0.2, 0.25) is 0 Å². The molecule has 1 heterocycles. The van der Waals surface area contributed by atoms with Crippen LogP contribution in [0.1, 0.15) is 41.8 Å². The zero-order valence-corrected chi connectivity index (χ0v) is 11.0. The molecule has 0 bridgehead atoms. The molecule has 1 fully saturated rings. The summed E-state index contributed by atoms with van der Waals surface area (Å²) in [6.07, 6.45) is 5.23. The lowest BCUT2D eigenvalue weighted by molar-refractivity contribution is 0.120. The van der Waals surface area contributed by atoms with Crippen molar-refractivity contribution in [1.82, 2.24) is 0 Å². The van der Waals surface area contributed by atoms with Crippen molar-refractivity contribution in [3.8, 4) is 0 Å². The van der Waals surface area contributed by atoms with E-state index >= 15 is 0 Å². The fourth-order valence-electron chi connectivity index (χ4n) is 3.09. The van der Waals surface area contributed by atoms with Crippen LogP contribution < -0.4 is 0 Å². The van der Waals surface area contributed by atoms with Crippen LogP contribution in [0.15, 0.2) is 18.2 Å². The Balaban J connectivity index is 1.79. The van der Waals surface area contributed by atoms with Gasteiger partial charge in [0.25, 0.3) is 0 Å². The molecule has 2 heteroatoms. The normalized spacial score (nSPS) is 29.3. The molecule has 0 aromatic heterocycles. The molecule has 0 N–H and O–H groups in total. The summed E-state index contributed by atoms with van der Waals surface area (Å²) in [6, 6.07) is 6.81. The SMILES string of the molecule is CC1CC(C(Cl)c2ccc3c(c2)CCC3)CO1. The molecule has 1 saturated heterocycles. The Hall–Kier alpha value is -0.530. The number of ether oxygens (including phenoxy) is 1. The zero-order chi connectivity index (χ0) is 11.8. The van der Waals surface area contributed by atoms with Crippen molar-refractivity contribution in [2.24, 2.45) is 5.92 Å². The van der Waals surface area contributed by atoms with Crippen molar-refractivity contribution >= 4 is 11.6 Å². The second-order valence-corrected chi connectivity index (χ2v) is 5.89. The summed E-state index contributed by atoms with van der Waals surface area (Å²) >= 11 is 6.60. The van der Waals surface area contributed by atoms with Crippen molar-refractivity contribution in [2.75, 3.05) is 6.61 Å². The van der Waals surface area contributed by atoms with Crippen LogP contribution in [0, 0.1) is 5.92 Å². The Morgan fingerprint density at radius 3 is 2.88 bits per heavy atom. The third-order valence-corrected chi connectivity index (χ3v) is 4.69. The van der Waals surface area contributed by atoms with E-state index in [9.17, 15) is 0 Å². The van der Waals surface area contributed by atoms with Gasteiger partial charge in [-0.3, -0.25) is 0 Å². The molecule has 1 nitrogen and oxygen atoms in total. The van der Waals surface area contributed by atoms with Gasteiger partial charge in [-0.2, -0.15) is 0 Å². The average Bonchev–Trinajstić information content (AvgIpc) is 2.95. The molecule has 0 radical (unpaired) electrons. The molecule has 1 aliphatic heterocycles. The monoisotopic (exact) mass is 250 g/mol. The van der Waals surface area contributed by atoms with E-state index in [0.717, 1.165) is 13.0 Å². The molecule has 92 valence electrons. The van der Waals surface area contributed by atoms with Crippen molar-refractivity contribution in [2.45, 2.75) is 44.1 Å². The topological polar surface area (TPSA) is 9.23 Å². The number of rotatable bonds is 2. The van der Waals surface area contributed by atoms with Crippen LogP contribution in [0.5, 0.6) is 0 Å². The average molecular weight is 251 g/mol. The van der Waals surface area contributed by atoms with Gasteiger partial charge < -0.3 is 4.74 Å². The minimum Gasteiger partial charge on any atom is -0.378 e. The summed E-state index contributed by atoms with van der Waals surface area (Å²) in [5.41, 5.74) is 4.32. The maximum atomic E-state index is 6.60. The summed E-state index contributed by atoms with van der Waals surface area (Å²) in [5.74, 6) is 0.478. The van der Waals surface area contributed by atoms with Crippen molar-refractivity contribution in [3.63, 3.8) is 0 Å². The van der Waals surface area contributed by atoms with Gasteiger partial charge >= 0.3 is 0 Å². The van der Waals surface area contributed by atoms with E-state index in [2.05, 4.69) is 25.1 Å². The van der Waals surface area contributed by atoms with E-state index in [-0.39, 0.29) is 5.38 Å². The number of halogens is 1. The molecule has 1 aromatic rings. The number of fused-ring (bicyclic) bond motifs is 1. The third kappa shape index (κ3) is 2.23. The molecule has 2 aliphatic rings.